The van der Waals surface area contributed by atoms with E-state index in [9.17, 15) is 14.7 Å². The molecule has 0 atom stereocenters. The maximum atomic E-state index is 13.6. The average molecular weight is 483 g/mol. The van der Waals surface area contributed by atoms with Gasteiger partial charge in [-0.15, -0.1) is 0 Å². The Hall–Kier alpha value is -3.87. The Bertz CT molecular complexity index is 1460. The zero-order valence-corrected chi connectivity index (χ0v) is 21.5. The van der Waals surface area contributed by atoms with Crippen LogP contribution in [0.2, 0.25) is 0 Å². The lowest BCUT2D eigenvalue weighted by atomic mass is 9.84. The van der Waals surface area contributed by atoms with Gasteiger partial charge in [-0.1, -0.05) is 5.76 Å². The molecule has 0 fully saturated rings. The van der Waals surface area contributed by atoms with Gasteiger partial charge >= 0.3 is 0 Å². The first-order valence-electron chi connectivity index (χ1n) is 12.3. The summed E-state index contributed by atoms with van der Waals surface area (Å²) in [4.78, 5) is 37.5. The summed E-state index contributed by atoms with van der Waals surface area (Å²) in [5.41, 5.74) is 4.00. The van der Waals surface area contributed by atoms with E-state index in [0.717, 1.165) is 34.2 Å². The minimum Gasteiger partial charge on any atom is -0.871 e. The van der Waals surface area contributed by atoms with Crippen LogP contribution >= 0.6 is 0 Å². The molecule has 4 heterocycles. The molecular formula is C29H30N4O3. The SMILES string of the molecule is CCN1/C(=C\C2=C([O-])C(=C/C3=[N+](CC)c4cccnc4C3(C)C)/C(=O)C2=O)C(C)(C)c2ncccc21. The van der Waals surface area contributed by atoms with Crippen LogP contribution < -0.4 is 10.0 Å². The van der Waals surface area contributed by atoms with Crippen molar-refractivity contribution in [1.29, 1.82) is 0 Å². The Labute approximate surface area is 211 Å². The number of aromatic nitrogens is 2. The second-order valence-corrected chi connectivity index (χ2v) is 10.4. The van der Waals surface area contributed by atoms with Crippen molar-refractivity contribution in [2.75, 3.05) is 18.0 Å². The number of rotatable bonds is 4. The molecule has 7 heteroatoms. The molecular weight excluding hydrogens is 452 g/mol. The van der Waals surface area contributed by atoms with Crippen LogP contribution in [0.1, 0.15) is 52.9 Å². The van der Waals surface area contributed by atoms with Crippen LogP contribution in [0.5, 0.6) is 0 Å². The van der Waals surface area contributed by atoms with Crippen LogP contribution in [0.15, 0.2) is 71.4 Å². The van der Waals surface area contributed by atoms with E-state index < -0.39 is 28.2 Å². The van der Waals surface area contributed by atoms with Gasteiger partial charge in [-0.25, -0.2) is 0 Å². The van der Waals surface area contributed by atoms with E-state index in [4.69, 9.17) is 0 Å². The van der Waals surface area contributed by atoms with E-state index in [0.29, 0.717) is 13.1 Å². The van der Waals surface area contributed by atoms with E-state index in [2.05, 4.69) is 19.4 Å². The molecule has 3 aliphatic rings. The number of pyridine rings is 2. The van der Waals surface area contributed by atoms with Crippen LogP contribution in [0, 0.1) is 0 Å². The highest BCUT2D eigenvalue weighted by Gasteiger charge is 2.47. The molecule has 0 saturated heterocycles. The van der Waals surface area contributed by atoms with Crippen LogP contribution in [0.25, 0.3) is 0 Å². The molecule has 0 spiro atoms. The normalized spacial score (nSPS) is 22.3. The lowest BCUT2D eigenvalue weighted by Gasteiger charge is -2.26. The Balaban J connectivity index is 1.65. The molecule has 36 heavy (non-hydrogen) atoms. The number of fused-ring (bicyclic) bond motifs is 2. The zero-order valence-electron chi connectivity index (χ0n) is 21.5. The molecule has 0 aromatic carbocycles. The van der Waals surface area contributed by atoms with Crippen molar-refractivity contribution in [2.24, 2.45) is 0 Å². The van der Waals surface area contributed by atoms with Gasteiger partial charge in [0.25, 0.3) is 0 Å². The first-order chi connectivity index (χ1) is 17.1. The maximum Gasteiger partial charge on any atom is 0.233 e. The summed E-state index contributed by atoms with van der Waals surface area (Å²) >= 11 is 0. The molecule has 1 aliphatic carbocycles. The van der Waals surface area contributed by atoms with Crippen molar-refractivity contribution < 1.29 is 19.3 Å². The number of ketones is 2. The molecule has 2 aromatic heterocycles. The molecule has 184 valence electrons. The standard InChI is InChI=1S/C29H30N4O3/c1-7-32-19-11-9-13-30-26(19)28(3,4)21(32)15-17-23(34)18(25(36)24(17)35)16-22-29(5,6)27-20(33(22)8-2)12-10-14-31-27/h9-16H,7-8H2,1-6H3. The minimum atomic E-state index is -0.760. The number of likely N-dealkylation sites (N-methyl/N-ethyl adjacent to an activating group) is 1. The van der Waals surface area contributed by atoms with Gasteiger partial charge in [0.1, 0.15) is 12.2 Å². The fourth-order valence-electron chi connectivity index (χ4n) is 5.70. The Morgan fingerprint density at radius 1 is 0.944 bits per heavy atom. The second-order valence-electron chi connectivity index (χ2n) is 10.4. The third kappa shape index (κ3) is 3.15. The van der Waals surface area contributed by atoms with Gasteiger partial charge < -0.3 is 10.0 Å². The number of carbonyl (C=O) groups excluding carboxylic acids is 2. The predicted molar refractivity (Wildman–Crippen MR) is 136 cm³/mol. The molecule has 5 rings (SSSR count). The third-order valence-electron chi connectivity index (χ3n) is 7.58. The largest absolute Gasteiger partial charge is 0.871 e. The molecule has 0 N–H and O–H groups in total. The number of anilines is 1. The highest BCUT2D eigenvalue weighted by molar-refractivity contribution is 6.54. The van der Waals surface area contributed by atoms with Gasteiger partial charge in [-0.05, 0) is 65.8 Å². The zero-order chi connectivity index (χ0) is 26.0. The quantitative estimate of drug-likeness (QED) is 0.378. The molecule has 0 amide bonds. The van der Waals surface area contributed by atoms with Crippen LogP contribution in [0.3, 0.4) is 0 Å². The summed E-state index contributed by atoms with van der Waals surface area (Å²) in [5.74, 6) is -2.05. The first-order valence-corrected chi connectivity index (χ1v) is 12.3. The summed E-state index contributed by atoms with van der Waals surface area (Å²) in [6.45, 7) is 13.4. The van der Waals surface area contributed by atoms with E-state index >= 15 is 0 Å². The summed E-state index contributed by atoms with van der Waals surface area (Å²) in [6, 6.07) is 7.71. The number of hydrogen-bond acceptors (Lipinski definition) is 6. The molecule has 0 radical (unpaired) electrons. The summed E-state index contributed by atoms with van der Waals surface area (Å²) in [6.07, 6.45) is 6.70. The molecule has 0 bridgehead atoms. The van der Waals surface area contributed by atoms with Crippen molar-refractivity contribution in [3.63, 3.8) is 0 Å². The molecule has 0 unspecified atom stereocenters. The Kier molecular flexibility index (Phi) is 5.36. The van der Waals surface area contributed by atoms with Gasteiger partial charge in [0.15, 0.2) is 5.71 Å². The van der Waals surface area contributed by atoms with Gasteiger partial charge in [0.05, 0.1) is 16.8 Å². The summed E-state index contributed by atoms with van der Waals surface area (Å²) in [7, 11) is 0. The van der Waals surface area contributed by atoms with Crippen LogP contribution in [-0.4, -0.2) is 44.9 Å². The minimum absolute atomic E-state index is 0.0873. The molecule has 2 aliphatic heterocycles. The lowest BCUT2D eigenvalue weighted by molar-refractivity contribution is -0.433. The highest BCUT2D eigenvalue weighted by atomic mass is 16.3. The fraction of sp³-hybridized carbons (Fsp3) is 0.345. The van der Waals surface area contributed by atoms with Gasteiger partial charge in [-0.3, -0.25) is 19.6 Å². The smallest absolute Gasteiger partial charge is 0.233 e. The van der Waals surface area contributed by atoms with E-state index in [-0.39, 0.29) is 11.1 Å². The summed E-state index contributed by atoms with van der Waals surface area (Å²) < 4.78 is 2.05. The Morgan fingerprint density at radius 2 is 1.61 bits per heavy atom. The number of Topliss-reactive ketones (excluding diaryl/α,β-unsaturated/α-hetero) is 2. The van der Waals surface area contributed by atoms with Crippen molar-refractivity contribution in [2.45, 2.75) is 52.4 Å². The van der Waals surface area contributed by atoms with E-state index in [1.807, 2.05) is 65.8 Å². The fourth-order valence-corrected chi connectivity index (χ4v) is 5.70. The highest BCUT2D eigenvalue weighted by Crippen LogP contribution is 2.47. The van der Waals surface area contributed by atoms with Crippen LogP contribution in [-0.2, 0) is 20.4 Å². The van der Waals surface area contributed by atoms with Crippen LogP contribution in [0.4, 0.5) is 11.4 Å². The van der Waals surface area contributed by atoms with Gasteiger partial charge in [0.2, 0.25) is 17.3 Å². The second kappa shape index (κ2) is 8.08. The third-order valence-corrected chi connectivity index (χ3v) is 7.58. The maximum absolute atomic E-state index is 13.6. The monoisotopic (exact) mass is 482 g/mol. The van der Waals surface area contributed by atoms with Gasteiger partial charge in [-0.2, -0.15) is 4.58 Å². The van der Waals surface area contributed by atoms with Crippen molar-refractivity contribution >= 4 is 28.7 Å². The Morgan fingerprint density at radius 3 is 2.28 bits per heavy atom. The number of carbonyl (C=O) groups is 2. The van der Waals surface area contributed by atoms with Crippen molar-refractivity contribution in [3.05, 3.63) is 82.8 Å². The predicted octanol–water partition coefficient (Wildman–Crippen LogP) is 3.27. The average Bonchev–Trinajstić information content (AvgIpc) is 3.31. The molecule has 7 nitrogen and oxygen atoms in total. The molecule has 2 aromatic rings. The van der Waals surface area contributed by atoms with Gasteiger partial charge in [0, 0.05) is 53.3 Å². The number of allylic oxidation sites excluding steroid dienone is 5. The lowest BCUT2D eigenvalue weighted by Crippen LogP contribution is -2.29. The van der Waals surface area contributed by atoms with E-state index in [1.165, 1.54) is 0 Å². The van der Waals surface area contributed by atoms with E-state index in [1.54, 1.807) is 24.5 Å². The summed E-state index contributed by atoms with van der Waals surface area (Å²) in [5, 5.41) is 13.6. The number of nitrogens with zero attached hydrogens (tertiary/aromatic N) is 4. The topological polar surface area (TPSA) is 89.2 Å². The van der Waals surface area contributed by atoms with Crippen molar-refractivity contribution in [3.8, 4) is 0 Å². The molecule has 0 saturated carbocycles. The first kappa shape index (κ1) is 23.9. The van der Waals surface area contributed by atoms with Crippen molar-refractivity contribution in [1.82, 2.24) is 9.97 Å². The number of hydrogen-bond donors (Lipinski definition) is 0.